The summed E-state index contributed by atoms with van der Waals surface area (Å²) >= 11 is 0. The average Bonchev–Trinajstić information content (AvgIpc) is 2.51. The number of nitro groups is 1. The molecular weight excluding hydrogens is 286 g/mol. The van der Waals surface area contributed by atoms with E-state index in [1.54, 1.807) is 19.1 Å². The van der Waals surface area contributed by atoms with Crippen molar-refractivity contribution in [2.24, 2.45) is 11.3 Å². The summed E-state index contributed by atoms with van der Waals surface area (Å²) < 4.78 is 5.18. The lowest BCUT2D eigenvalue weighted by Gasteiger charge is -2.28. The van der Waals surface area contributed by atoms with Gasteiger partial charge in [-0.3, -0.25) is 14.9 Å². The highest BCUT2D eigenvalue weighted by Gasteiger charge is 2.43. The van der Waals surface area contributed by atoms with E-state index >= 15 is 0 Å². The predicted molar refractivity (Wildman–Crippen MR) is 80.7 cm³/mol. The Kier molecular flexibility index (Phi) is 6.69. The van der Waals surface area contributed by atoms with Gasteiger partial charge in [0.15, 0.2) is 0 Å². The van der Waals surface area contributed by atoms with Crippen LogP contribution in [-0.4, -0.2) is 23.7 Å². The van der Waals surface area contributed by atoms with Crippen LogP contribution in [0.25, 0.3) is 0 Å². The molecule has 0 aliphatic rings. The van der Waals surface area contributed by atoms with Crippen molar-refractivity contribution in [1.82, 2.24) is 0 Å². The van der Waals surface area contributed by atoms with Crippen molar-refractivity contribution in [3.63, 3.8) is 0 Å². The molecule has 2 unspecified atom stereocenters. The van der Waals surface area contributed by atoms with Gasteiger partial charge in [-0.05, 0) is 12.0 Å². The number of benzene rings is 1. The molecule has 0 spiro atoms. The Hall–Kier alpha value is -2.24. The molecule has 2 atom stereocenters. The zero-order valence-electron chi connectivity index (χ0n) is 12.9. The van der Waals surface area contributed by atoms with Gasteiger partial charge in [0.2, 0.25) is 6.54 Å². The number of hydrogen-bond donors (Lipinski definition) is 0. The van der Waals surface area contributed by atoms with Gasteiger partial charge in [-0.2, -0.15) is 0 Å². The molecule has 22 heavy (non-hydrogen) atoms. The van der Waals surface area contributed by atoms with Crippen molar-refractivity contribution in [2.75, 3.05) is 6.54 Å². The van der Waals surface area contributed by atoms with Crippen LogP contribution in [0.4, 0.5) is 0 Å². The van der Waals surface area contributed by atoms with Gasteiger partial charge in [-0.15, -0.1) is 0 Å². The number of carbonyl (C=O) groups is 2. The number of ether oxygens (including phenoxy) is 1. The first kappa shape index (κ1) is 17.8. The maximum atomic E-state index is 12.2. The van der Waals surface area contributed by atoms with Crippen molar-refractivity contribution in [3.8, 4) is 0 Å². The number of esters is 1. The minimum atomic E-state index is -1.09. The topological polar surface area (TPSA) is 86.5 Å². The summed E-state index contributed by atoms with van der Waals surface area (Å²) in [6.07, 6.45) is 1.68. The minimum Gasteiger partial charge on any atom is -0.460 e. The van der Waals surface area contributed by atoms with Crippen LogP contribution in [0.1, 0.15) is 32.3 Å². The predicted octanol–water partition coefficient (Wildman–Crippen LogP) is 2.63. The first-order valence-corrected chi connectivity index (χ1v) is 7.21. The van der Waals surface area contributed by atoms with Crippen LogP contribution in [0.5, 0.6) is 0 Å². The summed E-state index contributed by atoms with van der Waals surface area (Å²) in [6, 6.07) is 9.04. The molecular formula is C16H21NO5. The number of aldehydes is 1. The first-order valence-electron chi connectivity index (χ1n) is 7.21. The minimum absolute atomic E-state index is 0.0367. The highest BCUT2D eigenvalue weighted by atomic mass is 16.6. The van der Waals surface area contributed by atoms with Gasteiger partial charge >= 0.3 is 5.97 Å². The maximum absolute atomic E-state index is 12.2. The molecule has 0 fully saturated rings. The fourth-order valence-corrected chi connectivity index (χ4v) is 2.38. The molecule has 6 nitrogen and oxygen atoms in total. The second kappa shape index (κ2) is 8.26. The number of carbonyl (C=O) groups excluding carboxylic acids is 2. The van der Waals surface area contributed by atoms with Crippen LogP contribution < -0.4 is 0 Å². The summed E-state index contributed by atoms with van der Waals surface area (Å²) in [5.74, 6) is -1.78. The Morgan fingerprint density at radius 3 is 2.55 bits per heavy atom. The molecule has 0 heterocycles. The van der Waals surface area contributed by atoms with Crippen molar-refractivity contribution in [2.45, 2.75) is 33.3 Å². The molecule has 0 saturated carbocycles. The van der Waals surface area contributed by atoms with Crippen molar-refractivity contribution >= 4 is 12.3 Å². The summed E-state index contributed by atoms with van der Waals surface area (Å²) in [5.41, 5.74) is -0.297. The Morgan fingerprint density at radius 1 is 1.41 bits per heavy atom. The highest BCUT2D eigenvalue weighted by molar-refractivity contribution is 5.79. The van der Waals surface area contributed by atoms with Gasteiger partial charge in [-0.25, -0.2) is 0 Å². The van der Waals surface area contributed by atoms with Crippen molar-refractivity contribution in [3.05, 3.63) is 46.0 Å². The fraction of sp³-hybridized carbons (Fsp3) is 0.500. The van der Waals surface area contributed by atoms with Gasteiger partial charge in [0, 0.05) is 10.3 Å². The van der Waals surface area contributed by atoms with Crippen LogP contribution >= 0.6 is 0 Å². The molecule has 0 radical (unpaired) electrons. The third-order valence-electron chi connectivity index (χ3n) is 3.69. The van der Waals surface area contributed by atoms with E-state index in [0.717, 1.165) is 5.56 Å². The van der Waals surface area contributed by atoms with E-state index in [2.05, 4.69) is 0 Å². The van der Waals surface area contributed by atoms with E-state index in [0.29, 0.717) is 19.1 Å². The highest BCUT2D eigenvalue weighted by Crippen LogP contribution is 2.32. The molecule has 120 valence electrons. The van der Waals surface area contributed by atoms with E-state index < -0.39 is 28.8 Å². The summed E-state index contributed by atoms with van der Waals surface area (Å²) in [6.45, 7) is 2.86. The molecule has 0 saturated heterocycles. The normalized spacial score (nSPS) is 14.6. The average molecular weight is 307 g/mol. The summed E-state index contributed by atoms with van der Waals surface area (Å²) in [4.78, 5) is 33.9. The molecule has 0 N–H and O–H groups in total. The molecule has 0 amide bonds. The third-order valence-corrected chi connectivity index (χ3v) is 3.69. The second-order valence-corrected chi connectivity index (χ2v) is 5.53. The lowest BCUT2D eigenvalue weighted by atomic mass is 9.75. The smallest absolute Gasteiger partial charge is 0.316 e. The van der Waals surface area contributed by atoms with Crippen LogP contribution in [0.3, 0.4) is 0 Å². The van der Waals surface area contributed by atoms with Gasteiger partial charge in [0.05, 0.1) is 0 Å². The SMILES string of the molecule is CCCC(C)(C=O)C(C[N+](=O)[O-])C(=O)OCc1ccccc1. The largest absolute Gasteiger partial charge is 0.460 e. The van der Waals surface area contributed by atoms with Crippen LogP contribution in [0, 0.1) is 21.4 Å². The van der Waals surface area contributed by atoms with E-state index in [1.165, 1.54) is 0 Å². The molecule has 0 aromatic heterocycles. The standard InChI is InChI=1S/C16H21NO5/c1-3-9-16(2,12-18)14(10-17(20)21)15(19)22-11-13-7-5-4-6-8-13/h4-8,12,14H,3,9-11H2,1-2H3. The quantitative estimate of drug-likeness (QED) is 0.303. The molecule has 6 heteroatoms. The van der Waals surface area contributed by atoms with Crippen LogP contribution in [0.2, 0.25) is 0 Å². The van der Waals surface area contributed by atoms with E-state index in [9.17, 15) is 19.7 Å². The van der Waals surface area contributed by atoms with E-state index in [1.807, 2.05) is 25.1 Å². The monoisotopic (exact) mass is 307 g/mol. The lowest BCUT2D eigenvalue weighted by Crippen LogP contribution is -2.40. The summed E-state index contributed by atoms with van der Waals surface area (Å²) in [7, 11) is 0. The van der Waals surface area contributed by atoms with Gasteiger partial charge in [0.1, 0.15) is 18.8 Å². The molecule has 1 rings (SSSR count). The third kappa shape index (κ3) is 4.95. The number of hydrogen-bond acceptors (Lipinski definition) is 5. The van der Waals surface area contributed by atoms with Crippen molar-refractivity contribution in [1.29, 1.82) is 0 Å². The summed E-state index contributed by atoms with van der Waals surface area (Å²) in [5, 5.41) is 10.8. The van der Waals surface area contributed by atoms with Gasteiger partial charge < -0.3 is 9.53 Å². The van der Waals surface area contributed by atoms with Gasteiger partial charge in [0.25, 0.3) is 0 Å². The molecule has 0 aliphatic carbocycles. The Labute approximate surface area is 129 Å². The first-order chi connectivity index (χ1) is 10.4. The zero-order chi connectivity index (χ0) is 16.6. The molecule has 1 aromatic carbocycles. The Morgan fingerprint density at radius 2 is 2.05 bits per heavy atom. The Bertz CT molecular complexity index is 517. The molecule has 1 aromatic rings. The fourth-order valence-electron chi connectivity index (χ4n) is 2.38. The van der Waals surface area contributed by atoms with E-state index in [4.69, 9.17) is 4.74 Å². The van der Waals surface area contributed by atoms with Gasteiger partial charge in [-0.1, -0.05) is 50.6 Å². The number of rotatable bonds is 9. The zero-order valence-corrected chi connectivity index (χ0v) is 12.9. The second-order valence-electron chi connectivity index (χ2n) is 5.53. The van der Waals surface area contributed by atoms with Crippen LogP contribution in [0.15, 0.2) is 30.3 Å². The van der Waals surface area contributed by atoms with Crippen LogP contribution in [-0.2, 0) is 20.9 Å². The molecule has 0 aliphatic heterocycles. The lowest BCUT2D eigenvalue weighted by molar-refractivity contribution is -0.488. The van der Waals surface area contributed by atoms with E-state index in [-0.39, 0.29) is 6.61 Å². The number of nitrogens with zero attached hydrogens (tertiary/aromatic N) is 1. The maximum Gasteiger partial charge on any atom is 0.316 e. The van der Waals surface area contributed by atoms with Crippen molar-refractivity contribution < 1.29 is 19.2 Å². The Balaban J connectivity index is 2.84. The molecule has 0 bridgehead atoms.